The standard InChI is InChI=1S/C10H14ClN3O3S/c1-18(15,16)7-8-6-9(11)13-10(12-8)14-2-4-17-5-3-14/h6H,2-5,7H2,1H3. The highest BCUT2D eigenvalue weighted by molar-refractivity contribution is 7.89. The van der Waals surface area contributed by atoms with Crippen molar-refractivity contribution in [2.45, 2.75) is 5.75 Å². The molecule has 18 heavy (non-hydrogen) atoms. The van der Waals surface area contributed by atoms with Crippen molar-refractivity contribution in [2.24, 2.45) is 0 Å². The second kappa shape index (κ2) is 5.38. The first-order valence-corrected chi connectivity index (χ1v) is 7.92. The molecule has 1 aromatic heterocycles. The van der Waals surface area contributed by atoms with Gasteiger partial charge in [0.05, 0.1) is 24.7 Å². The molecule has 1 aliphatic rings. The Morgan fingerprint density at radius 2 is 2.06 bits per heavy atom. The molecule has 0 amide bonds. The molecule has 0 aliphatic carbocycles. The second-order valence-corrected chi connectivity index (χ2v) is 6.68. The van der Waals surface area contributed by atoms with Crippen LogP contribution < -0.4 is 4.90 Å². The Morgan fingerprint density at radius 1 is 1.39 bits per heavy atom. The van der Waals surface area contributed by atoms with E-state index >= 15 is 0 Å². The average molecular weight is 292 g/mol. The topological polar surface area (TPSA) is 72.4 Å². The summed E-state index contributed by atoms with van der Waals surface area (Å²) in [5.41, 5.74) is 0.416. The van der Waals surface area contributed by atoms with Crippen LogP contribution in [0, 0.1) is 0 Å². The van der Waals surface area contributed by atoms with Crippen molar-refractivity contribution < 1.29 is 13.2 Å². The molecule has 0 unspecified atom stereocenters. The molecule has 1 fully saturated rings. The van der Waals surface area contributed by atoms with Crippen LogP contribution in [0.4, 0.5) is 5.95 Å². The lowest BCUT2D eigenvalue weighted by atomic mass is 10.4. The number of sulfone groups is 1. The van der Waals surface area contributed by atoms with Crippen molar-refractivity contribution in [2.75, 3.05) is 37.5 Å². The molecule has 2 rings (SSSR count). The maximum atomic E-state index is 11.3. The number of anilines is 1. The Kier molecular flexibility index (Phi) is 4.04. The van der Waals surface area contributed by atoms with E-state index in [2.05, 4.69) is 9.97 Å². The van der Waals surface area contributed by atoms with E-state index in [1.807, 2.05) is 4.90 Å². The van der Waals surface area contributed by atoms with Gasteiger partial charge in [0.25, 0.3) is 0 Å². The van der Waals surface area contributed by atoms with Crippen LogP contribution in [0.5, 0.6) is 0 Å². The van der Waals surface area contributed by atoms with Crippen LogP contribution in [-0.4, -0.2) is 50.9 Å². The predicted molar refractivity (Wildman–Crippen MR) is 68.6 cm³/mol. The van der Waals surface area contributed by atoms with Crippen molar-refractivity contribution in [1.29, 1.82) is 0 Å². The van der Waals surface area contributed by atoms with Crippen molar-refractivity contribution >= 4 is 27.4 Å². The van der Waals surface area contributed by atoms with Crippen LogP contribution in [-0.2, 0) is 20.3 Å². The molecule has 0 radical (unpaired) electrons. The lowest BCUT2D eigenvalue weighted by Crippen LogP contribution is -2.37. The third-order valence-corrected chi connectivity index (χ3v) is 3.45. The molecular formula is C10H14ClN3O3S. The minimum Gasteiger partial charge on any atom is -0.378 e. The highest BCUT2D eigenvalue weighted by atomic mass is 35.5. The minimum atomic E-state index is -3.13. The van der Waals surface area contributed by atoms with Gasteiger partial charge in [0.2, 0.25) is 5.95 Å². The van der Waals surface area contributed by atoms with E-state index in [0.717, 1.165) is 6.26 Å². The van der Waals surface area contributed by atoms with Crippen LogP contribution in [0.25, 0.3) is 0 Å². The normalized spacial score (nSPS) is 16.9. The number of ether oxygens (including phenoxy) is 1. The number of rotatable bonds is 3. The maximum Gasteiger partial charge on any atom is 0.227 e. The van der Waals surface area contributed by atoms with Crippen molar-refractivity contribution in [1.82, 2.24) is 9.97 Å². The first-order chi connectivity index (χ1) is 8.44. The monoisotopic (exact) mass is 291 g/mol. The van der Waals surface area contributed by atoms with E-state index in [9.17, 15) is 8.42 Å². The van der Waals surface area contributed by atoms with E-state index in [4.69, 9.17) is 16.3 Å². The summed E-state index contributed by atoms with van der Waals surface area (Å²) >= 11 is 5.89. The number of aromatic nitrogens is 2. The molecule has 100 valence electrons. The summed E-state index contributed by atoms with van der Waals surface area (Å²) in [7, 11) is -3.13. The van der Waals surface area contributed by atoms with Crippen LogP contribution >= 0.6 is 11.6 Å². The third kappa shape index (κ3) is 3.79. The molecule has 0 aromatic carbocycles. The molecule has 1 saturated heterocycles. The summed E-state index contributed by atoms with van der Waals surface area (Å²) in [6, 6.07) is 1.48. The zero-order valence-corrected chi connectivity index (χ0v) is 11.5. The van der Waals surface area contributed by atoms with Gasteiger partial charge in [0.1, 0.15) is 5.15 Å². The fourth-order valence-electron chi connectivity index (χ4n) is 1.70. The van der Waals surface area contributed by atoms with Crippen LogP contribution in [0.15, 0.2) is 6.07 Å². The summed E-state index contributed by atoms with van der Waals surface area (Å²) in [5, 5.41) is 0.255. The third-order valence-electron chi connectivity index (χ3n) is 2.44. The summed E-state index contributed by atoms with van der Waals surface area (Å²) in [5.74, 6) is 0.330. The fraction of sp³-hybridized carbons (Fsp3) is 0.600. The van der Waals surface area contributed by atoms with Crippen LogP contribution in [0.3, 0.4) is 0 Å². The summed E-state index contributed by atoms with van der Waals surface area (Å²) < 4.78 is 27.8. The summed E-state index contributed by atoms with van der Waals surface area (Å²) in [6.07, 6.45) is 1.16. The van der Waals surface area contributed by atoms with Gasteiger partial charge in [0, 0.05) is 19.3 Å². The molecule has 2 heterocycles. The lowest BCUT2D eigenvalue weighted by molar-refractivity contribution is 0.122. The summed E-state index contributed by atoms with van der Waals surface area (Å²) in [6.45, 7) is 2.58. The number of nitrogens with zero attached hydrogens (tertiary/aromatic N) is 3. The van der Waals surface area contributed by atoms with Gasteiger partial charge < -0.3 is 9.64 Å². The van der Waals surface area contributed by atoms with Gasteiger partial charge in [-0.15, -0.1) is 0 Å². The number of hydrogen-bond acceptors (Lipinski definition) is 6. The quantitative estimate of drug-likeness (QED) is 0.756. The molecular weight excluding hydrogens is 278 g/mol. The first-order valence-electron chi connectivity index (χ1n) is 5.48. The molecule has 0 spiro atoms. The van der Waals surface area contributed by atoms with Gasteiger partial charge in [-0.3, -0.25) is 0 Å². The molecule has 0 atom stereocenters. The van der Waals surface area contributed by atoms with Gasteiger partial charge in [-0.25, -0.2) is 18.4 Å². The van der Waals surface area contributed by atoms with Gasteiger partial charge >= 0.3 is 0 Å². The predicted octanol–water partition coefficient (Wildman–Crippen LogP) is 0.511. The molecule has 1 aromatic rings. The lowest BCUT2D eigenvalue weighted by Gasteiger charge is -2.27. The average Bonchev–Trinajstić information content (AvgIpc) is 2.27. The van der Waals surface area contributed by atoms with E-state index in [1.54, 1.807) is 0 Å². The molecule has 0 N–H and O–H groups in total. The van der Waals surface area contributed by atoms with E-state index < -0.39 is 9.84 Å². The summed E-state index contributed by atoms with van der Waals surface area (Å²) in [4.78, 5) is 10.3. The maximum absolute atomic E-state index is 11.3. The Bertz CT molecular complexity index is 529. The molecule has 0 saturated carbocycles. The van der Waals surface area contributed by atoms with Gasteiger partial charge in [-0.2, -0.15) is 0 Å². The fourth-order valence-corrected chi connectivity index (χ4v) is 2.59. The number of morpholine rings is 1. The van der Waals surface area contributed by atoms with Crippen molar-refractivity contribution in [3.8, 4) is 0 Å². The van der Waals surface area contributed by atoms with Crippen LogP contribution in [0.1, 0.15) is 5.69 Å². The van der Waals surface area contributed by atoms with Crippen LogP contribution in [0.2, 0.25) is 5.15 Å². The number of hydrogen-bond donors (Lipinski definition) is 0. The highest BCUT2D eigenvalue weighted by Gasteiger charge is 2.16. The Morgan fingerprint density at radius 3 is 2.67 bits per heavy atom. The van der Waals surface area contributed by atoms with Crippen molar-refractivity contribution in [3.63, 3.8) is 0 Å². The highest BCUT2D eigenvalue weighted by Crippen LogP contribution is 2.16. The minimum absolute atomic E-state index is 0.132. The second-order valence-electron chi connectivity index (χ2n) is 4.15. The van der Waals surface area contributed by atoms with E-state index in [-0.39, 0.29) is 10.9 Å². The Balaban J connectivity index is 2.25. The zero-order chi connectivity index (χ0) is 13.2. The number of halogens is 1. The molecule has 8 heteroatoms. The van der Waals surface area contributed by atoms with Crippen molar-refractivity contribution in [3.05, 3.63) is 16.9 Å². The SMILES string of the molecule is CS(=O)(=O)Cc1cc(Cl)nc(N2CCOCC2)n1. The first kappa shape index (κ1) is 13.5. The zero-order valence-electron chi connectivity index (χ0n) is 9.97. The van der Waals surface area contributed by atoms with Gasteiger partial charge in [-0.1, -0.05) is 11.6 Å². The molecule has 0 bridgehead atoms. The van der Waals surface area contributed by atoms with Gasteiger partial charge in [-0.05, 0) is 6.07 Å². The Hall–Kier alpha value is -0.920. The molecule has 1 aliphatic heterocycles. The van der Waals surface area contributed by atoms with Gasteiger partial charge in [0.15, 0.2) is 9.84 Å². The smallest absolute Gasteiger partial charge is 0.227 e. The molecule has 6 nitrogen and oxygen atoms in total. The van der Waals surface area contributed by atoms with E-state index in [0.29, 0.717) is 37.9 Å². The Labute approximate surface area is 111 Å². The largest absolute Gasteiger partial charge is 0.378 e. The van der Waals surface area contributed by atoms with E-state index in [1.165, 1.54) is 6.07 Å².